The van der Waals surface area contributed by atoms with Crippen LogP contribution in [0.4, 0.5) is 13.2 Å². The zero-order chi connectivity index (χ0) is 14.5. The highest BCUT2D eigenvalue weighted by atomic mass is 19.1. The van der Waals surface area contributed by atoms with Gasteiger partial charge < -0.3 is 10.1 Å². The van der Waals surface area contributed by atoms with Gasteiger partial charge in [-0.2, -0.15) is 0 Å². The molecule has 1 atom stereocenters. The van der Waals surface area contributed by atoms with E-state index < -0.39 is 24.4 Å². The fraction of sp³-hybridized carbons (Fsp3) is 0.571. The Labute approximate surface area is 116 Å². The summed E-state index contributed by atoms with van der Waals surface area (Å²) >= 11 is 0. The van der Waals surface area contributed by atoms with Crippen molar-refractivity contribution in [1.82, 2.24) is 10.2 Å². The summed E-state index contributed by atoms with van der Waals surface area (Å²) in [7, 11) is 1.33. The highest BCUT2D eigenvalue weighted by molar-refractivity contribution is 5.34. The molecule has 20 heavy (non-hydrogen) atoms. The fourth-order valence-corrected chi connectivity index (χ4v) is 2.62. The molecule has 0 spiro atoms. The van der Waals surface area contributed by atoms with Crippen LogP contribution in [-0.2, 0) is 0 Å². The SMILES string of the molecule is COc1ccc(F)c([C@@H](CCF)N2CCNCC2)c1F. The maximum absolute atomic E-state index is 14.3. The number of halogens is 3. The molecule has 1 aromatic rings. The molecule has 3 nitrogen and oxygen atoms in total. The van der Waals surface area contributed by atoms with Gasteiger partial charge in [-0.3, -0.25) is 9.29 Å². The van der Waals surface area contributed by atoms with E-state index >= 15 is 0 Å². The molecule has 112 valence electrons. The number of hydrogen-bond donors (Lipinski definition) is 1. The van der Waals surface area contributed by atoms with Gasteiger partial charge in [-0.05, 0) is 18.6 Å². The van der Waals surface area contributed by atoms with Crippen molar-refractivity contribution in [3.05, 3.63) is 29.3 Å². The number of methoxy groups -OCH3 is 1. The number of benzene rings is 1. The van der Waals surface area contributed by atoms with Gasteiger partial charge in [-0.25, -0.2) is 8.78 Å². The molecule has 0 amide bonds. The van der Waals surface area contributed by atoms with E-state index in [1.807, 2.05) is 4.90 Å². The Hall–Kier alpha value is -1.27. The van der Waals surface area contributed by atoms with Crippen LogP contribution in [0.1, 0.15) is 18.0 Å². The van der Waals surface area contributed by atoms with Gasteiger partial charge in [0, 0.05) is 37.8 Å². The zero-order valence-corrected chi connectivity index (χ0v) is 11.5. The van der Waals surface area contributed by atoms with Crippen molar-refractivity contribution in [2.24, 2.45) is 0 Å². The molecule has 0 aromatic heterocycles. The van der Waals surface area contributed by atoms with Gasteiger partial charge in [0.05, 0.1) is 13.8 Å². The molecule has 1 saturated heterocycles. The van der Waals surface area contributed by atoms with Crippen LogP contribution >= 0.6 is 0 Å². The molecule has 0 unspecified atom stereocenters. The van der Waals surface area contributed by atoms with Crippen molar-refractivity contribution >= 4 is 0 Å². The average Bonchev–Trinajstić information content (AvgIpc) is 2.47. The third-order valence-corrected chi connectivity index (χ3v) is 3.62. The zero-order valence-electron chi connectivity index (χ0n) is 11.5. The van der Waals surface area contributed by atoms with Crippen LogP contribution in [0.15, 0.2) is 12.1 Å². The van der Waals surface area contributed by atoms with Gasteiger partial charge in [0.25, 0.3) is 0 Å². The van der Waals surface area contributed by atoms with E-state index in [1.165, 1.54) is 19.2 Å². The quantitative estimate of drug-likeness (QED) is 0.899. The lowest BCUT2D eigenvalue weighted by Crippen LogP contribution is -2.45. The van der Waals surface area contributed by atoms with E-state index in [4.69, 9.17) is 4.74 Å². The van der Waals surface area contributed by atoms with Crippen LogP contribution in [0, 0.1) is 11.6 Å². The van der Waals surface area contributed by atoms with E-state index in [1.54, 1.807) is 0 Å². The predicted octanol–water partition coefficient (Wildman–Crippen LogP) is 2.28. The third-order valence-electron chi connectivity index (χ3n) is 3.62. The Morgan fingerprint density at radius 1 is 1.30 bits per heavy atom. The van der Waals surface area contributed by atoms with E-state index in [2.05, 4.69) is 5.32 Å². The molecular weight excluding hydrogens is 269 g/mol. The van der Waals surface area contributed by atoms with Crippen molar-refractivity contribution < 1.29 is 17.9 Å². The van der Waals surface area contributed by atoms with Crippen molar-refractivity contribution in [2.75, 3.05) is 40.0 Å². The summed E-state index contributed by atoms with van der Waals surface area (Å²) in [5.74, 6) is -1.40. The molecule has 2 rings (SSSR count). The lowest BCUT2D eigenvalue weighted by molar-refractivity contribution is 0.150. The number of nitrogens with zero attached hydrogens (tertiary/aromatic N) is 1. The number of nitrogens with one attached hydrogen (secondary N) is 1. The first-order chi connectivity index (χ1) is 9.69. The Kier molecular flexibility index (Phi) is 5.25. The second-order valence-corrected chi connectivity index (χ2v) is 4.76. The summed E-state index contributed by atoms with van der Waals surface area (Å²) in [6.07, 6.45) is 0.0704. The van der Waals surface area contributed by atoms with Crippen molar-refractivity contribution in [3.8, 4) is 5.75 Å². The average molecular weight is 288 g/mol. The Morgan fingerprint density at radius 2 is 2.00 bits per heavy atom. The maximum atomic E-state index is 14.3. The summed E-state index contributed by atoms with van der Waals surface area (Å²) in [6, 6.07) is 1.82. The molecule has 1 N–H and O–H groups in total. The molecule has 0 aliphatic carbocycles. The van der Waals surface area contributed by atoms with Crippen LogP contribution in [0.3, 0.4) is 0 Å². The molecule has 1 aliphatic heterocycles. The van der Waals surface area contributed by atoms with Crippen LogP contribution in [0.25, 0.3) is 0 Å². The van der Waals surface area contributed by atoms with Gasteiger partial charge in [-0.1, -0.05) is 0 Å². The number of alkyl halides is 1. The second kappa shape index (κ2) is 6.95. The van der Waals surface area contributed by atoms with Gasteiger partial charge in [-0.15, -0.1) is 0 Å². The van der Waals surface area contributed by atoms with Crippen molar-refractivity contribution in [1.29, 1.82) is 0 Å². The first-order valence-electron chi connectivity index (χ1n) is 6.71. The molecule has 6 heteroatoms. The van der Waals surface area contributed by atoms with Crippen molar-refractivity contribution in [2.45, 2.75) is 12.5 Å². The van der Waals surface area contributed by atoms with Gasteiger partial charge in [0.1, 0.15) is 5.82 Å². The summed E-state index contributed by atoms with van der Waals surface area (Å²) in [4.78, 5) is 1.91. The number of ether oxygens (including phenoxy) is 1. The lowest BCUT2D eigenvalue weighted by atomic mass is 10.00. The van der Waals surface area contributed by atoms with Gasteiger partial charge in [0.2, 0.25) is 0 Å². The second-order valence-electron chi connectivity index (χ2n) is 4.76. The minimum absolute atomic E-state index is 0.0135. The highest BCUT2D eigenvalue weighted by Crippen LogP contribution is 2.33. The Balaban J connectivity index is 2.37. The van der Waals surface area contributed by atoms with Gasteiger partial charge >= 0.3 is 0 Å². The third kappa shape index (κ3) is 3.07. The summed E-state index contributed by atoms with van der Waals surface area (Å²) in [5, 5.41) is 3.17. The van der Waals surface area contributed by atoms with Crippen LogP contribution < -0.4 is 10.1 Å². The van der Waals surface area contributed by atoms with Crippen LogP contribution in [-0.4, -0.2) is 44.9 Å². The number of piperazine rings is 1. The minimum atomic E-state index is -0.732. The number of rotatable bonds is 5. The van der Waals surface area contributed by atoms with Crippen LogP contribution in [0.5, 0.6) is 5.75 Å². The fourth-order valence-electron chi connectivity index (χ4n) is 2.62. The first-order valence-corrected chi connectivity index (χ1v) is 6.71. The first kappa shape index (κ1) is 15.1. The van der Waals surface area contributed by atoms with Gasteiger partial charge in [0.15, 0.2) is 11.6 Å². The topological polar surface area (TPSA) is 24.5 Å². The summed E-state index contributed by atoms with van der Waals surface area (Å²) in [5.41, 5.74) is -0.0936. The normalized spacial score (nSPS) is 18.0. The van der Waals surface area contributed by atoms with E-state index in [9.17, 15) is 13.2 Å². The molecular formula is C14H19F3N2O. The smallest absolute Gasteiger partial charge is 0.172 e. The molecule has 0 bridgehead atoms. The Bertz CT molecular complexity index is 450. The minimum Gasteiger partial charge on any atom is -0.494 e. The Morgan fingerprint density at radius 3 is 2.60 bits per heavy atom. The standard InChI is InChI=1S/C14H19F3N2O/c1-20-12-3-2-10(16)13(14(12)17)11(4-5-15)19-8-6-18-7-9-19/h2-3,11,18H,4-9H2,1H3/t11-/m1/s1. The molecule has 1 aromatic carbocycles. The molecule has 0 radical (unpaired) electrons. The number of hydrogen-bond acceptors (Lipinski definition) is 3. The predicted molar refractivity (Wildman–Crippen MR) is 70.7 cm³/mol. The summed E-state index contributed by atoms with van der Waals surface area (Å²) < 4.78 is 46.1. The van der Waals surface area contributed by atoms with E-state index in [0.717, 1.165) is 13.1 Å². The van der Waals surface area contributed by atoms with Crippen molar-refractivity contribution in [3.63, 3.8) is 0 Å². The monoisotopic (exact) mass is 288 g/mol. The molecule has 1 heterocycles. The molecule has 1 aliphatic rings. The molecule has 0 saturated carbocycles. The van der Waals surface area contributed by atoms with Crippen LogP contribution in [0.2, 0.25) is 0 Å². The summed E-state index contributed by atoms with van der Waals surface area (Å²) in [6.45, 7) is 2.12. The maximum Gasteiger partial charge on any atom is 0.172 e. The lowest BCUT2D eigenvalue weighted by Gasteiger charge is -2.35. The highest BCUT2D eigenvalue weighted by Gasteiger charge is 2.28. The molecule has 1 fully saturated rings. The van der Waals surface area contributed by atoms with E-state index in [0.29, 0.717) is 13.1 Å². The van der Waals surface area contributed by atoms with E-state index in [-0.39, 0.29) is 17.7 Å². The largest absolute Gasteiger partial charge is 0.494 e.